The fraction of sp³-hybridized carbons (Fsp3) is 0.417. The van der Waals surface area contributed by atoms with E-state index in [1.807, 2.05) is 17.8 Å². The summed E-state index contributed by atoms with van der Waals surface area (Å²) in [5.74, 6) is 1.65. The van der Waals surface area contributed by atoms with E-state index in [0.29, 0.717) is 28.3 Å². The largest absolute Gasteiger partial charge is 0.474 e. The summed E-state index contributed by atoms with van der Waals surface area (Å²) in [5, 5.41) is 9.23. The first-order chi connectivity index (χ1) is 8.83. The van der Waals surface area contributed by atoms with Crippen LogP contribution in [-0.2, 0) is 0 Å². The van der Waals surface area contributed by atoms with Gasteiger partial charge in [0.1, 0.15) is 6.61 Å². The minimum Gasteiger partial charge on any atom is -0.474 e. The molecule has 2 aromatic rings. The van der Waals surface area contributed by atoms with Crippen LogP contribution in [0.25, 0.3) is 11.0 Å². The van der Waals surface area contributed by atoms with Crippen LogP contribution < -0.4 is 10.1 Å². The average molecular weight is 285 g/mol. The van der Waals surface area contributed by atoms with Crippen LogP contribution in [0.2, 0.25) is 5.02 Å². The molecule has 1 aliphatic rings. The molecule has 0 saturated carbocycles. The SMILES string of the molecule is Clc1ccc2onc(OC[C@@H]3CNCCS3)c2c1. The molecule has 4 nitrogen and oxygen atoms in total. The molecule has 1 aromatic heterocycles. The molecule has 0 unspecified atom stereocenters. The highest BCUT2D eigenvalue weighted by molar-refractivity contribution is 8.00. The summed E-state index contributed by atoms with van der Waals surface area (Å²) in [4.78, 5) is 0. The Balaban J connectivity index is 1.72. The number of ether oxygens (including phenoxy) is 1. The van der Waals surface area contributed by atoms with Crippen LogP contribution in [0.3, 0.4) is 0 Å². The highest BCUT2D eigenvalue weighted by atomic mass is 35.5. The zero-order chi connectivity index (χ0) is 12.4. The van der Waals surface area contributed by atoms with Crippen LogP contribution >= 0.6 is 23.4 Å². The molecule has 0 amide bonds. The van der Waals surface area contributed by atoms with Crippen LogP contribution in [0.5, 0.6) is 5.88 Å². The molecule has 1 N–H and O–H groups in total. The van der Waals surface area contributed by atoms with Gasteiger partial charge >= 0.3 is 0 Å². The van der Waals surface area contributed by atoms with E-state index < -0.39 is 0 Å². The van der Waals surface area contributed by atoms with E-state index >= 15 is 0 Å². The van der Waals surface area contributed by atoms with Crippen LogP contribution in [0.15, 0.2) is 22.7 Å². The second kappa shape index (κ2) is 5.38. The smallest absolute Gasteiger partial charge is 0.262 e. The van der Waals surface area contributed by atoms with Crippen molar-refractivity contribution in [1.82, 2.24) is 10.5 Å². The zero-order valence-corrected chi connectivity index (χ0v) is 11.3. The van der Waals surface area contributed by atoms with E-state index in [4.69, 9.17) is 20.9 Å². The van der Waals surface area contributed by atoms with Gasteiger partial charge in [0, 0.05) is 23.9 Å². The van der Waals surface area contributed by atoms with Gasteiger partial charge in [-0.3, -0.25) is 0 Å². The molecular weight excluding hydrogens is 272 g/mol. The number of aromatic nitrogens is 1. The molecule has 18 heavy (non-hydrogen) atoms. The molecule has 0 spiro atoms. The first-order valence-corrected chi connectivity index (χ1v) is 7.25. The highest BCUT2D eigenvalue weighted by Gasteiger charge is 2.16. The molecule has 2 heterocycles. The monoisotopic (exact) mass is 284 g/mol. The third-order valence-corrected chi connectivity index (χ3v) is 4.26. The molecule has 1 saturated heterocycles. The number of thioether (sulfide) groups is 1. The normalized spacial score (nSPS) is 20.2. The maximum atomic E-state index is 5.96. The second-order valence-electron chi connectivity index (χ2n) is 4.14. The Bertz CT molecular complexity index is 540. The minimum absolute atomic E-state index is 0.463. The number of nitrogens with zero attached hydrogens (tertiary/aromatic N) is 1. The van der Waals surface area contributed by atoms with E-state index in [1.54, 1.807) is 12.1 Å². The topological polar surface area (TPSA) is 47.3 Å². The van der Waals surface area contributed by atoms with Gasteiger partial charge in [0.25, 0.3) is 5.88 Å². The highest BCUT2D eigenvalue weighted by Crippen LogP contribution is 2.28. The van der Waals surface area contributed by atoms with Gasteiger partial charge in [-0.15, -0.1) is 0 Å². The molecule has 1 aliphatic heterocycles. The molecule has 1 atom stereocenters. The molecule has 1 fully saturated rings. The van der Waals surface area contributed by atoms with E-state index in [9.17, 15) is 0 Å². The van der Waals surface area contributed by atoms with Crippen molar-refractivity contribution < 1.29 is 9.26 Å². The predicted octanol–water partition coefficient (Wildman–Crippen LogP) is 2.57. The van der Waals surface area contributed by atoms with Crippen molar-refractivity contribution in [3.8, 4) is 5.88 Å². The van der Waals surface area contributed by atoms with Crippen molar-refractivity contribution >= 4 is 34.3 Å². The minimum atomic E-state index is 0.463. The summed E-state index contributed by atoms with van der Waals surface area (Å²) in [6, 6.07) is 5.39. The third kappa shape index (κ3) is 2.58. The van der Waals surface area contributed by atoms with E-state index in [-0.39, 0.29) is 0 Å². The maximum absolute atomic E-state index is 5.96. The Morgan fingerprint density at radius 1 is 1.56 bits per heavy atom. The van der Waals surface area contributed by atoms with Crippen molar-refractivity contribution in [3.63, 3.8) is 0 Å². The molecular formula is C12H13ClN2O2S. The maximum Gasteiger partial charge on any atom is 0.262 e. The Hall–Kier alpha value is -0.910. The zero-order valence-electron chi connectivity index (χ0n) is 9.69. The third-order valence-electron chi connectivity index (χ3n) is 2.81. The lowest BCUT2D eigenvalue weighted by Crippen LogP contribution is -2.36. The van der Waals surface area contributed by atoms with Gasteiger partial charge in [0.15, 0.2) is 5.58 Å². The summed E-state index contributed by atoms with van der Waals surface area (Å²) in [6.07, 6.45) is 0. The van der Waals surface area contributed by atoms with Crippen molar-refractivity contribution in [2.45, 2.75) is 5.25 Å². The number of hydrogen-bond acceptors (Lipinski definition) is 5. The standard InChI is InChI=1S/C12H13ClN2O2S/c13-8-1-2-11-10(5-8)12(15-17-11)16-7-9-6-14-3-4-18-9/h1-2,5,9,14H,3-4,6-7H2/t9-/m0/s1. The van der Waals surface area contributed by atoms with Crippen molar-refractivity contribution in [2.24, 2.45) is 0 Å². The van der Waals surface area contributed by atoms with Gasteiger partial charge in [0.05, 0.1) is 10.6 Å². The van der Waals surface area contributed by atoms with Gasteiger partial charge in [-0.05, 0) is 23.4 Å². The molecule has 1 aromatic carbocycles. The molecule has 0 aliphatic carbocycles. The van der Waals surface area contributed by atoms with Crippen LogP contribution in [-0.4, -0.2) is 35.9 Å². The molecule has 6 heteroatoms. The number of fused-ring (bicyclic) bond motifs is 1. The Morgan fingerprint density at radius 2 is 2.50 bits per heavy atom. The summed E-state index contributed by atoms with van der Waals surface area (Å²) < 4.78 is 10.9. The van der Waals surface area contributed by atoms with Gasteiger partial charge in [-0.1, -0.05) is 11.6 Å². The molecule has 0 bridgehead atoms. The molecule has 0 radical (unpaired) electrons. The average Bonchev–Trinajstić information content (AvgIpc) is 2.80. The Kier molecular flexibility index (Phi) is 3.63. The second-order valence-corrected chi connectivity index (χ2v) is 5.98. The number of hydrogen-bond donors (Lipinski definition) is 1. The van der Waals surface area contributed by atoms with Gasteiger partial charge < -0.3 is 14.6 Å². The fourth-order valence-corrected chi connectivity index (χ4v) is 3.06. The summed E-state index contributed by atoms with van der Waals surface area (Å²) in [6.45, 7) is 2.68. The van der Waals surface area contributed by atoms with Gasteiger partial charge in [-0.25, -0.2) is 0 Å². The summed E-state index contributed by atoms with van der Waals surface area (Å²) >= 11 is 7.88. The predicted molar refractivity (Wildman–Crippen MR) is 73.6 cm³/mol. The quantitative estimate of drug-likeness (QED) is 0.939. The lowest BCUT2D eigenvalue weighted by molar-refractivity contribution is 0.281. The number of benzene rings is 1. The first kappa shape index (κ1) is 12.1. The summed E-state index contributed by atoms with van der Waals surface area (Å²) in [5.41, 5.74) is 0.698. The molecule has 3 rings (SSSR count). The Morgan fingerprint density at radius 3 is 3.33 bits per heavy atom. The van der Waals surface area contributed by atoms with E-state index in [2.05, 4.69) is 10.5 Å². The number of halogens is 1. The first-order valence-electron chi connectivity index (χ1n) is 5.83. The van der Waals surface area contributed by atoms with Crippen molar-refractivity contribution in [2.75, 3.05) is 25.4 Å². The van der Waals surface area contributed by atoms with E-state index in [1.165, 1.54) is 0 Å². The number of nitrogens with one attached hydrogen (secondary N) is 1. The van der Waals surface area contributed by atoms with E-state index in [0.717, 1.165) is 24.2 Å². The fourth-order valence-electron chi connectivity index (χ4n) is 1.89. The van der Waals surface area contributed by atoms with Gasteiger partial charge in [-0.2, -0.15) is 11.8 Å². The lowest BCUT2D eigenvalue weighted by atomic mass is 10.2. The Labute approximate surface area is 114 Å². The lowest BCUT2D eigenvalue weighted by Gasteiger charge is -2.21. The molecule has 96 valence electrons. The van der Waals surface area contributed by atoms with Crippen LogP contribution in [0.4, 0.5) is 0 Å². The van der Waals surface area contributed by atoms with Crippen LogP contribution in [0, 0.1) is 0 Å². The van der Waals surface area contributed by atoms with Gasteiger partial charge in [0.2, 0.25) is 0 Å². The van der Waals surface area contributed by atoms with Crippen LogP contribution in [0.1, 0.15) is 0 Å². The van der Waals surface area contributed by atoms with Crippen molar-refractivity contribution in [3.05, 3.63) is 23.2 Å². The number of rotatable bonds is 3. The van der Waals surface area contributed by atoms with Crippen molar-refractivity contribution in [1.29, 1.82) is 0 Å². The summed E-state index contributed by atoms with van der Waals surface area (Å²) in [7, 11) is 0.